The second-order valence-electron chi connectivity index (χ2n) is 18.9. The van der Waals surface area contributed by atoms with Crippen molar-refractivity contribution < 1.29 is 33.9 Å². The van der Waals surface area contributed by atoms with Crippen LogP contribution in [0.1, 0.15) is 58.4 Å². The molecule has 15 heteroatoms. The van der Waals surface area contributed by atoms with Crippen LogP contribution in [-0.2, 0) is 16.8 Å². The van der Waals surface area contributed by atoms with E-state index in [9.17, 15) is 24.6 Å². The van der Waals surface area contributed by atoms with E-state index in [0.717, 1.165) is 44.2 Å². The number of alkyl halides is 2. The summed E-state index contributed by atoms with van der Waals surface area (Å²) in [6.45, 7) is 11.0. The maximum atomic E-state index is 13.9. The number of fused-ring (bicyclic) bond motifs is 3. The number of nitrogens with two attached hydrogens (primary N) is 2. The quantitative estimate of drug-likeness (QED) is 0.0173. The summed E-state index contributed by atoms with van der Waals surface area (Å²) in [6.07, 6.45) is -0.643. The summed E-state index contributed by atoms with van der Waals surface area (Å²) in [6, 6.07) is 36.5. The minimum Gasteiger partial charge on any atom is -0.507 e. The van der Waals surface area contributed by atoms with Crippen LogP contribution in [0, 0.1) is 20.8 Å². The summed E-state index contributed by atoms with van der Waals surface area (Å²) in [5.74, 6) is 0.733. The van der Waals surface area contributed by atoms with Gasteiger partial charge in [0.1, 0.15) is 17.2 Å². The smallest absolute Gasteiger partial charge is 0.415 e. The van der Waals surface area contributed by atoms with Crippen LogP contribution in [0.5, 0.6) is 17.2 Å². The van der Waals surface area contributed by atoms with Crippen molar-refractivity contribution in [2.24, 2.45) is 0 Å². The summed E-state index contributed by atoms with van der Waals surface area (Å²) in [7, 11) is 1.65. The zero-order chi connectivity index (χ0) is 51.9. The minimum absolute atomic E-state index is 0.0193. The number of nitrogens with zero attached hydrogens (tertiary/aromatic N) is 4. The molecule has 0 radical (unpaired) electrons. The number of aromatic nitrogens is 1. The summed E-state index contributed by atoms with van der Waals surface area (Å²) < 4.78 is 8.10. The Morgan fingerprint density at radius 3 is 1.99 bits per heavy atom. The molecule has 0 unspecified atom stereocenters. The Hall–Kier alpha value is -7.22. The number of anilines is 3. The number of phenolic OH excluding ortho intramolecular Hbond substituents is 2. The fourth-order valence-corrected chi connectivity index (χ4v) is 9.79. The van der Waals surface area contributed by atoms with Gasteiger partial charge in [-0.15, -0.1) is 23.2 Å². The Morgan fingerprint density at radius 2 is 1.33 bits per heavy atom. The molecule has 0 aliphatic heterocycles. The number of aromatic hydroxyl groups is 2. The van der Waals surface area contributed by atoms with Crippen molar-refractivity contribution in [3.8, 4) is 28.5 Å². The molecule has 0 atom stereocenters. The van der Waals surface area contributed by atoms with E-state index < -0.39 is 11.5 Å². The van der Waals surface area contributed by atoms with Gasteiger partial charge in [-0.3, -0.25) is 9.59 Å². The lowest BCUT2D eigenvalue weighted by atomic mass is 9.76. The first-order valence-electron chi connectivity index (χ1n) is 24.0. The fourth-order valence-electron chi connectivity index (χ4n) is 9.38. The van der Waals surface area contributed by atoms with Gasteiger partial charge in [0, 0.05) is 121 Å². The van der Waals surface area contributed by atoms with E-state index in [1.807, 2.05) is 97.6 Å². The highest BCUT2D eigenvalue weighted by Gasteiger charge is 2.33. The first kappa shape index (κ1) is 52.6. The van der Waals surface area contributed by atoms with Crippen molar-refractivity contribution in [3.05, 3.63) is 149 Å². The topological polar surface area (TPSA) is 179 Å². The first-order chi connectivity index (χ1) is 34.4. The van der Waals surface area contributed by atoms with Crippen molar-refractivity contribution in [2.45, 2.75) is 53.0 Å². The van der Waals surface area contributed by atoms with Gasteiger partial charge < -0.3 is 46.4 Å². The summed E-state index contributed by atoms with van der Waals surface area (Å²) >= 11 is 12.1. The highest BCUT2D eigenvalue weighted by Crippen LogP contribution is 2.44. The van der Waals surface area contributed by atoms with E-state index in [1.165, 1.54) is 9.80 Å². The van der Waals surface area contributed by atoms with Crippen molar-refractivity contribution in [2.75, 3.05) is 74.4 Å². The number of benzene rings is 6. The van der Waals surface area contributed by atoms with Gasteiger partial charge in [0.05, 0.1) is 10.8 Å². The number of phenols is 2. The average Bonchev–Trinajstić information content (AvgIpc) is 3.36. The third kappa shape index (κ3) is 11.8. The van der Waals surface area contributed by atoms with E-state index in [0.29, 0.717) is 76.3 Å². The third-order valence-electron chi connectivity index (χ3n) is 13.5. The molecule has 0 saturated heterocycles. The van der Waals surface area contributed by atoms with E-state index in [1.54, 1.807) is 52.1 Å². The molecule has 6 aromatic carbocycles. The van der Waals surface area contributed by atoms with Gasteiger partial charge in [-0.25, -0.2) is 4.79 Å². The second-order valence-corrected chi connectivity index (χ2v) is 19.6. The zero-order valence-electron chi connectivity index (χ0n) is 41.8. The van der Waals surface area contributed by atoms with E-state index in [-0.39, 0.29) is 55.9 Å². The SMILES string of the molecule is Cc1c(C)c(O)c(C(C)(C)CC(=O)N(C)CCN(CCNC(=O)c2ccc(C[n+]3c(-c4ccccc4)c4cc(N)ccc4c4ccc(N)cc43)cc2)C(=O)Oc2ccc(N(CCCl)CCCl)cc2)c(C)c1O. The minimum atomic E-state index is -0.843. The Kier molecular flexibility index (Phi) is 16.7. The number of amides is 3. The Bertz CT molecular complexity index is 3060. The number of rotatable bonds is 19. The lowest BCUT2D eigenvalue weighted by molar-refractivity contribution is -0.650. The molecular weight excluding hydrogens is 950 g/mol. The molecule has 1 heterocycles. The van der Waals surface area contributed by atoms with Gasteiger partial charge in [-0.1, -0.05) is 50.2 Å². The normalized spacial score (nSPS) is 11.4. The number of carbonyl (C=O) groups is 3. The van der Waals surface area contributed by atoms with E-state index >= 15 is 0 Å². The van der Waals surface area contributed by atoms with Gasteiger partial charge in [0.15, 0.2) is 6.54 Å². The molecule has 13 nitrogen and oxygen atoms in total. The second kappa shape index (κ2) is 22.9. The molecule has 0 bridgehead atoms. The average molecular weight is 1010 g/mol. The Balaban J connectivity index is 1.07. The molecular formula is C57H64Cl2N7O6+. The molecule has 0 aliphatic rings. The predicted octanol–water partition coefficient (Wildman–Crippen LogP) is 9.84. The van der Waals surface area contributed by atoms with Crippen LogP contribution in [-0.4, -0.2) is 96.0 Å². The molecule has 7 rings (SSSR count). The molecule has 0 spiro atoms. The van der Waals surface area contributed by atoms with Crippen LogP contribution < -0.4 is 31.0 Å². The molecule has 0 fully saturated rings. The van der Waals surface area contributed by atoms with Crippen molar-refractivity contribution in [3.63, 3.8) is 0 Å². The van der Waals surface area contributed by atoms with Crippen LogP contribution in [0.15, 0.2) is 115 Å². The molecule has 3 amide bonds. The zero-order valence-corrected chi connectivity index (χ0v) is 43.3. The van der Waals surface area contributed by atoms with E-state index in [4.69, 9.17) is 39.4 Å². The van der Waals surface area contributed by atoms with Gasteiger partial charge in [0.2, 0.25) is 17.1 Å². The number of hydrogen-bond acceptors (Lipinski definition) is 9. The van der Waals surface area contributed by atoms with Crippen LogP contribution in [0.2, 0.25) is 0 Å². The number of nitrogen functional groups attached to an aromatic ring is 2. The summed E-state index contributed by atoms with van der Waals surface area (Å²) in [4.78, 5) is 46.4. The molecule has 0 aliphatic carbocycles. The fraction of sp³-hybridized carbons (Fsp3) is 0.298. The van der Waals surface area contributed by atoms with Crippen LogP contribution >= 0.6 is 23.2 Å². The number of carbonyl (C=O) groups excluding carboxylic acids is 3. The summed E-state index contributed by atoms with van der Waals surface area (Å²) in [5, 5.41) is 28.0. The van der Waals surface area contributed by atoms with Gasteiger partial charge >= 0.3 is 6.09 Å². The van der Waals surface area contributed by atoms with Gasteiger partial charge in [-0.05, 0) is 110 Å². The van der Waals surface area contributed by atoms with Crippen molar-refractivity contribution in [1.82, 2.24) is 15.1 Å². The molecule has 1 aromatic heterocycles. The standard InChI is InChI=1S/C57H63Cl2N7O6/c1-36-37(2)54(69)51(38(3)53(36)68)57(4,5)34-50(67)63(6)30-31-65(56(71)72-45-20-18-44(19-21-45)64(27-24-58)28-25-59)29-26-62-55(70)41-14-12-39(13-15-41)35-66-49-33-43(61)17-23-47(49)46-22-16-42(60)32-48(46)52(66)40-10-8-7-9-11-40/h7-23,32-33,61H,24-31,34-35,60H2,1-6H3,(H3,62,68,69,70)/p+1. The van der Waals surface area contributed by atoms with Crippen molar-refractivity contribution >= 4 is 79.8 Å². The predicted molar refractivity (Wildman–Crippen MR) is 291 cm³/mol. The number of hydrogen-bond donors (Lipinski definition) is 5. The number of nitrogens with one attached hydrogen (secondary N) is 1. The maximum Gasteiger partial charge on any atom is 0.415 e. The Labute approximate surface area is 431 Å². The lowest BCUT2D eigenvalue weighted by Crippen LogP contribution is -2.44. The van der Waals surface area contributed by atoms with Crippen LogP contribution in [0.4, 0.5) is 21.9 Å². The molecule has 0 saturated carbocycles. The van der Waals surface area contributed by atoms with Gasteiger partial charge in [-0.2, -0.15) is 4.57 Å². The lowest BCUT2D eigenvalue weighted by Gasteiger charge is -2.32. The number of pyridine rings is 1. The largest absolute Gasteiger partial charge is 0.507 e. The molecule has 7 N–H and O–H groups in total. The van der Waals surface area contributed by atoms with Crippen molar-refractivity contribution in [1.29, 1.82) is 0 Å². The Morgan fingerprint density at radius 1 is 0.708 bits per heavy atom. The highest BCUT2D eigenvalue weighted by atomic mass is 35.5. The number of halogens is 2. The molecule has 7 aromatic rings. The first-order valence-corrected chi connectivity index (χ1v) is 25.1. The monoisotopic (exact) mass is 1010 g/mol. The maximum absolute atomic E-state index is 13.9. The third-order valence-corrected chi connectivity index (χ3v) is 13.8. The number of ether oxygens (including phenoxy) is 1. The summed E-state index contributed by atoms with van der Waals surface area (Å²) in [5.41, 5.74) is 20.6. The van der Waals surface area contributed by atoms with Crippen LogP contribution in [0.3, 0.4) is 0 Å². The molecule has 72 heavy (non-hydrogen) atoms. The van der Waals surface area contributed by atoms with Crippen LogP contribution in [0.25, 0.3) is 32.9 Å². The highest BCUT2D eigenvalue weighted by molar-refractivity contribution is 6.18. The molecule has 376 valence electrons. The number of likely N-dealkylation sites (N-methyl/N-ethyl adjacent to an activating group) is 1. The van der Waals surface area contributed by atoms with Gasteiger partial charge in [0.25, 0.3) is 5.91 Å². The van der Waals surface area contributed by atoms with E-state index in [2.05, 4.69) is 22.0 Å².